The van der Waals surface area contributed by atoms with Gasteiger partial charge < -0.3 is 0 Å². The Labute approximate surface area is 73.2 Å². The predicted octanol–water partition coefficient (Wildman–Crippen LogP) is 2.56. The van der Waals surface area contributed by atoms with Crippen LogP contribution in [0.15, 0.2) is 35.5 Å². The van der Waals surface area contributed by atoms with Gasteiger partial charge in [-0.3, -0.25) is 4.79 Å². The largest absolute Gasteiger partial charge is 0.416 e. The van der Waals surface area contributed by atoms with Crippen LogP contribution < -0.4 is 0 Å². The molecule has 70 valence electrons. The normalized spacial score (nSPS) is 17.5. The van der Waals surface area contributed by atoms with Crippen LogP contribution in [0.1, 0.15) is 6.42 Å². The summed E-state index contributed by atoms with van der Waals surface area (Å²) in [6.45, 7) is 0. The van der Waals surface area contributed by atoms with Gasteiger partial charge in [0.15, 0.2) is 0 Å². The number of rotatable bonds is 1. The molecule has 13 heavy (non-hydrogen) atoms. The second-order valence-electron chi connectivity index (χ2n) is 2.56. The van der Waals surface area contributed by atoms with E-state index in [-0.39, 0.29) is 5.57 Å². The molecule has 1 rings (SSSR count). The van der Waals surface area contributed by atoms with E-state index in [0.717, 1.165) is 12.2 Å². The maximum absolute atomic E-state index is 12.2. The summed E-state index contributed by atoms with van der Waals surface area (Å²) >= 11 is 0. The fraction of sp³-hybridized carbons (Fsp3) is 0.222. The summed E-state index contributed by atoms with van der Waals surface area (Å²) < 4.78 is 36.5. The van der Waals surface area contributed by atoms with Crippen molar-refractivity contribution in [2.45, 2.75) is 12.6 Å². The molecule has 0 aliphatic heterocycles. The maximum Gasteiger partial charge on any atom is 0.416 e. The van der Waals surface area contributed by atoms with Crippen LogP contribution in [0.4, 0.5) is 13.2 Å². The van der Waals surface area contributed by atoms with Crippen LogP contribution in [0.2, 0.25) is 0 Å². The summed E-state index contributed by atoms with van der Waals surface area (Å²) in [4.78, 5) is 10.3. The minimum atomic E-state index is -4.39. The number of carbonyl (C=O) groups is 1. The highest BCUT2D eigenvalue weighted by Crippen LogP contribution is 2.28. The Morgan fingerprint density at radius 1 is 1.38 bits per heavy atom. The van der Waals surface area contributed by atoms with Crippen LogP contribution in [0.5, 0.6) is 0 Å². The van der Waals surface area contributed by atoms with E-state index in [1.807, 2.05) is 0 Å². The number of hydrogen-bond donors (Lipinski definition) is 0. The molecule has 0 atom stereocenters. The van der Waals surface area contributed by atoms with Crippen LogP contribution in [0, 0.1) is 0 Å². The van der Waals surface area contributed by atoms with Gasteiger partial charge in [0, 0.05) is 5.57 Å². The van der Waals surface area contributed by atoms with Crippen molar-refractivity contribution in [1.29, 1.82) is 0 Å². The number of hydrogen-bond acceptors (Lipinski definition) is 1. The van der Waals surface area contributed by atoms with E-state index in [2.05, 4.69) is 0 Å². The fourth-order valence-corrected chi connectivity index (χ4v) is 0.944. The minimum absolute atomic E-state index is 0.0670. The highest BCUT2D eigenvalue weighted by Gasteiger charge is 2.31. The van der Waals surface area contributed by atoms with E-state index < -0.39 is 11.7 Å². The number of allylic oxidation sites excluding steroid dienone is 6. The monoisotopic (exact) mass is 188 g/mol. The molecule has 0 unspecified atom stereocenters. The van der Waals surface area contributed by atoms with E-state index in [0.29, 0.717) is 12.7 Å². The van der Waals surface area contributed by atoms with Crippen molar-refractivity contribution in [3.8, 4) is 0 Å². The van der Waals surface area contributed by atoms with Crippen molar-refractivity contribution in [2.24, 2.45) is 0 Å². The summed E-state index contributed by atoms with van der Waals surface area (Å²) in [6.07, 6.45) is 1.02. The van der Waals surface area contributed by atoms with Crippen molar-refractivity contribution < 1.29 is 18.0 Å². The molecule has 0 spiro atoms. The molecule has 1 nitrogen and oxygen atoms in total. The Balaban J connectivity index is 3.02. The Morgan fingerprint density at radius 3 is 2.62 bits per heavy atom. The molecule has 4 heteroatoms. The molecular formula is C9H7F3O. The van der Waals surface area contributed by atoms with Gasteiger partial charge in [-0.05, 0) is 12.5 Å². The molecule has 0 bridgehead atoms. The molecule has 1 aliphatic rings. The van der Waals surface area contributed by atoms with Gasteiger partial charge in [-0.2, -0.15) is 13.2 Å². The van der Waals surface area contributed by atoms with Crippen molar-refractivity contribution in [3.05, 3.63) is 35.5 Å². The first-order valence-corrected chi connectivity index (χ1v) is 3.65. The zero-order chi connectivity index (χ0) is 9.90. The lowest BCUT2D eigenvalue weighted by molar-refractivity contribution is -0.104. The van der Waals surface area contributed by atoms with Gasteiger partial charge in [0.05, 0.1) is 5.57 Å². The Kier molecular flexibility index (Phi) is 2.70. The zero-order valence-corrected chi connectivity index (χ0v) is 6.64. The van der Waals surface area contributed by atoms with Crippen LogP contribution in [-0.2, 0) is 4.79 Å². The van der Waals surface area contributed by atoms with Gasteiger partial charge >= 0.3 is 6.18 Å². The first-order valence-electron chi connectivity index (χ1n) is 3.65. The van der Waals surface area contributed by atoms with Crippen molar-refractivity contribution in [2.75, 3.05) is 0 Å². The van der Waals surface area contributed by atoms with Crippen molar-refractivity contribution in [1.82, 2.24) is 0 Å². The minimum Gasteiger partial charge on any atom is -0.298 e. The number of halogens is 3. The van der Waals surface area contributed by atoms with Crippen LogP contribution in [0.3, 0.4) is 0 Å². The average molecular weight is 188 g/mol. The topological polar surface area (TPSA) is 17.1 Å². The lowest BCUT2D eigenvalue weighted by atomic mass is 10.2. The molecule has 0 amide bonds. The Bertz CT molecular complexity index is 294. The molecule has 0 fully saturated rings. The van der Waals surface area contributed by atoms with Crippen LogP contribution in [-0.4, -0.2) is 12.5 Å². The van der Waals surface area contributed by atoms with Gasteiger partial charge in [-0.25, -0.2) is 0 Å². The predicted molar refractivity (Wildman–Crippen MR) is 42.0 cm³/mol. The fourth-order valence-electron chi connectivity index (χ4n) is 0.944. The van der Waals surface area contributed by atoms with Crippen molar-refractivity contribution in [3.63, 3.8) is 0 Å². The van der Waals surface area contributed by atoms with Gasteiger partial charge in [-0.1, -0.05) is 18.2 Å². The lowest BCUT2D eigenvalue weighted by Gasteiger charge is -2.05. The van der Waals surface area contributed by atoms with E-state index in [1.165, 1.54) is 12.2 Å². The molecule has 0 N–H and O–H groups in total. The third-order valence-corrected chi connectivity index (χ3v) is 1.57. The first kappa shape index (κ1) is 9.77. The molecule has 0 aromatic rings. The van der Waals surface area contributed by atoms with Gasteiger partial charge in [-0.15, -0.1) is 0 Å². The molecule has 0 aromatic heterocycles. The van der Waals surface area contributed by atoms with Gasteiger partial charge in [0.25, 0.3) is 0 Å². The van der Waals surface area contributed by atoms with Gasteiger partial charge in [0.2, 0.25) is 0 Å². The van der Waals surface area contributed by atoms with Crippen LogP contribution in [0.25, 0.3) is 0 Å². The quantitative estimate of drug-likeness (QED) is 0.578. The Morgan fingerprint density at radius 2 is 2.08 bits per heavy atom. The second-order valence-corrected chi connectivity index (χ2v) is 2.56. The smallest absolute Gasteiger partial charge is 0.298 e. The molecule has 0 saturated carbocycles. The van der Waals surface area contributed by atoms with E-state index in [1.54, 1.807) is 0 Å². The first-order chi connectivity index (χ1) is 6.04. The standard InChI is InChI=1S/C9H7F3O/c10-9(11,12)8-4-2-1-3-7(5-8)6-13/h2-6H,1H2. The number of carbonyl (C=O) groups excluding carboxylic acids is 1. The molecular weight excluding hydrogens is 181 g/mol. The van der Waals surface area contributed by atoms with Crippen LogP contribution >= 0.6 is 0 Å². The van der Waals surface area contributed by atoms with E-state index >= 15 is 0 Å². The molecule has 1 aliphatic carbocycles. The van der Waals surface area contributed by atoms with Crippen molar-refractivity contribution >= 4 is 6.29 Å². The molecule has 0 aromatic carbocycles. The summed E-state index contributed by atoms with van der Waals surface area (Å²) in [7, 11) is 0. The third-order valence-electron chi connectivity index (χ3n) is 1.57. The Hall–Kier alpha value is -1.32. The number of aldehydes is 1. The summed E-state index contributed by atoms with van der Waals surface area (Å²) in [5, 5.41) is 0. The summed E-state index contributed by atoms with van der Waals surface area (Å²) in [6, 6.07) is 0. The zero-order valence-electron chi connectivity index (χ0n) is 6.64. The van der Waals surface area contributed by atoms with Gasteiger partial charge in [0.1, 0.15) is 6.29 Å². The van der Waals surface area contributed by atoms with E-state index in [4.69, 9.17) is 0 Å². The molecule has 0 radical (unpaired) electrons. The SMILES string of the molecule is O=CC1=CCC=CC(C(F)(F)F)=C1. The third kappa shape index (κ3) is 2.57. The highest BCUT2D eigenvalue weighted by atomic mass is 19.4. The lowest BCUT2D eigenvalue weighted by Crippen LogP contribution is -2.10. The molecule has 0 heterocycles. The average Bonchev–Trinajstić information content (AvgIpc) is 2.27. The maximum atomic E-state index is 12.2. The number of alkyl halides is 3. The second kappa shape index (κ2) is 3.60. The highest BCUT2D eigenvalue weighted by molar-refractivity contribution is 5.78. The molecule has 0 saturated heterocycles. The van der Waals surface area contributed by atoms with E-state index in [9.17, 15) is 18.0 Å². The summed E-state index contributed by atoms with van der Waals surface area (Å²) in [5.74, 6) is 0. The summed E-state index contributed by atoms with van der Waals surface area (Å²) in [5.41, 5.74) is -0.722.